The van der Waals surface area contributed by atoms with Gasteiger partial charge in [0.05, 0.1) is 12.7 Å². The zero-order valence-electron chi connectivity index (χ0n) is 15.9. The van der Waals surface area contributed by atoms with Crippen LogP contribution in [0.4, 0.5) is 10.1 Å². The SMILES string of the molecule is COc1ccc(CN(C)C(=O)COC(=O)c2cccc(N(C)C)c2)cc1F. The number of carbonyl (C=O) groups is 2. The van der Waals surface area contributed by atoms with E-state index in [1.165, 1.54) is 24.1 Å². The van der Waals surface area contributed by atoms with E-state index in [0.29, 0.717) is 11.1 Å². The van der Waals surface area contributed by atoms with E-state index >= 15 is 0 Å². The van der Waals surface area contributed by atoms with Crippen LogP contribution in [0, 0.1) is 5.82 Å². The van der Waals surface area contributed by atoms with Crippen molar-refractivity contribution in [3.63, 3.8) is 0 Å². The molecule has 0 aliphatic heterocycles. The Kier molecular flexibility index (Phi) is 6.76. The Bertz CT molecular complexity index is 823. The minimum Gasteiger partial charge on any atom is -0.494 e. The highest BCUT2D eigenvalue weighted by atomic mass is 19.1. The molecule has 0 atom stereocenters. The van der Waals surface area contributed by atoms with Crippen molar-refractivity contribution in [3.8, 4) is 5.75 Å². The molecule has 2 aromatic carbocycles. The normalized spacial score (nSPS) is 10.3. The summed E-state index contributed by atoms with van der Waals surface area (Å²) in [6.07, 6.45) is 0. The Morgan fingerprint density at radius 3 is 2.44 bits per heavy atom. The van der Waals surface area contributed by atoms with Gasteiger partial charge in [0, 0.05) is 33.4 Å². The average molecular weight is 374 g/mol. The number of halogens is 1. The fourth-order valence-corrected chi connectivity index (χ4v) is 2.40. The Hall–Kier alpha value is -3.09. The summed E-state index contributed by atoms with van der Waals surface area (Å²) in [5.41, 5.74) is 1.83. The number of anilines is 1. The van der Waals surface area contributed by atoms with Gasteiger partial charge in [-0.05, 0) is 35.9 Å². The van der Waals surface area contributed by atoms with Crippen LogP contribution < -0.4 is 9.64 Å². The van der Waals surface area contributed by atoms with Crippen LogP contribution in [-0.4, -0.2) is 51.6 Å². The number of likely N-dealkylation sites (N-methyl/N-ethyl adjacent to an activating group) is 1. The maximum atomic E-state index is 13.7. The molecule has 0 aliphatic rings. The van der Waals surface area contributed by atoms with Gasteiger partial charge in [-0.25, -0.2) is 9.18 Å². The first-order valence-corrected chi connectivity index (χ1v) is 8.32. The van der Waals surface area contributed by atoms with E-state index in [1.54, 1.807) is 31.3 Å². The summed E-state index contributed by atoms with van der Waals surface area (Å²) >= 11 is 0. The lowest BCUT2D eigenvalue weighted by Gasteiger charge is -2.18. The van der Waals surface area contributed by atoms with Gasteiger partial charge < -0.3 is 19.3 Å². The van der Waals surface area contributed by atoms with Crippen LogP contribution in [0.2, 0.25) is 0 Å². The molecule has 0 saturated heterocycles. The summed E-state index contributed by atoms with van der Waals surface area (Å²) in [5, 5.41) is 0. The van der Waals surface area contributed by atoms with Gasteiger partial charge in [0.25, 0.3) is 5.91 Å². The molecule has 2 aromatic rings. The van der Waals surface area contributed by atoms with Crippen LogP contribution in [0.25, 0.3) is 0 Å². The van der Waals surface area contributed by atoms with Crippen molar-refractivity contribution in [2.24, 2.45) is 0 Å². The first-order valence-electron chi connectivity index (χ1n) is 8.32. The van der Waals surface area contributed by atoms with Gasteiger partial charge in [0.15, 0.2) is 18.2 Å². The molecular formula is C20H23FN2O4. The third-order valence-corrected chi connectivity index (χ3v) is 3.99. The van der Waals surface area contributed by atoms with E-state index in [2.05, 4.69) is 0 Å². The van der Waals surface area contributed by atoms with Crippen molar-refractivity contribution in [2.75, 3.05) is 39.8 Å². The summed E-state index contributed by atoms with van der Waals surface area (Å²) < 4.78 is 23.7. The third-order valence-electron chi connectivity index (χ3n) is 3.99. The molecule has 0 heterocycles. The lowest BCUT2D eigenvalue weighted by atomic mass is 10.2. The number of hydrogen-bond acceptors (Lipinski definition) is 5. The van der Waals surface area contributed by atoms with Gasteiger partial charge in [0.2, 0.25) is 0 Å². The minimum absolute atomic E-state index is 0.140. The summed E-state index contributed by atoms with van der Waals surface area (Å²) in [6, 6.07) is 11.4. The molecule has 0 spiro atoms. The lowest BCUT2D eigenvalue weighted by Crippen LogP contribution is -2.30. The number of hydrogen-bond donors (Lipinski definition) is 0. The van der Waals surface area contributed by atoms with Gasteiger partial charge in [-0.3, -0.25) is 4.79 Å². The number of ether oxygens (including phenoxy) is 2. The second-order valence-corrected chi connectivity index (χ2v) is 6.24. The number of carbonyl (C=O) groups excluding carboxylic acids is 2. The van der Waals surface area contributed by atoms with E-state index in [4.69, 9.17) is 9.47 Å². The molecule has 0 aromatic heterocycles. The molecule has 0 bridgehead atoms. The summed E-state index contributed by atoms with van der Waals surface area (Å²) in [6.45, 7) is -0.201. The molecule has 0 saturated carbocycles. The second kappa shape index (κ2) is 9.02. The lowest BCUT2D eigenvalue weighted by molar-refractivity contribution is -0.133. The number of rotatable bonds is 7. The van der Waals surface area contributed by atoms with Gasteiger partial charge in [-0.15, -0.1) is 0 Å². The molecule has 0 aliphatic carbocycles. The molecular weight excluding hydrogens is 351 g/mol. The molecule has 0 radical (unpaired) electrons. The largest absolute Gasteiger partial charge is 0.494 e. The Balaban J connectivity index is 1.91. The second-order valence-electron chi connectivity index (χ2n) is 6.24. The molecule has 0 N–H and O–H groups in total. The van der Waals surface area contributed by atoms with Crippen LogP contribution in [0.3, 0.4) is 0 Å². The van der Waals surface area contributed by atoms with Crippen molar-refractivity contribution in [3.05, 3.63) is 59.4 Å². The Morgan fingerprint density at radius 2 is 1.81 bits per heavy atom. The smallest absolute Gasteiger partial charge is 0.338 e. The fraction of sp³-hybridized carbons (Fsp3) is 0.300. The van der Waals surface area contributed by atoms with Crippen molar-refractivity contribution < 1.29 is 23.5 Å². The fourth-order valence-electron chi connectivity index (χ4n) is 2.40. The van der Waals surface area contributed by atoms with Crippen molar-refractivity contribution in [2.45, 2.75) is 6.54 Å². The highest BCUT2D eigenvalue weighted by Crippen LogP contribution is 2.18. The Labute approximate surface area is 158 Å². The van der Waals surface area contributed by atoms with Gasteiger partial charge in [-0.2, -0.15) is 0 Å². The molecule has 2 rings (SSSR count). The van der Waals surface area contributed by atoms with Crippen LogP contribution in [0.1, 0.15) is 15.9 Å². The van der Waals surface area contributed by atoms with Crippen LogP contribution in [0.5, 0.6) is 5.75 Å². The first-order chi connectivity index (χ1) is 12.8. The predicted molar refractivity (Wildman–Crippen MR) is 100 cm³/mol. The van der Waals surface area contributed by atoms with E-state index in [9.17, 15) is 14.0 Å². The van der Waals surface area contributed by atoms with Crippen LogP contribution >= 0.6 is 0 Å². The molecule has 7 heteroatoms. The predicted octanol–water partition coefficient (Wildman–Crippen LogP) is 2.72. The van der Waals surface area contributed by atoms with Crippen molar-refractivity contribution >= 4 is 17.6 Å². The minimum atomic E-state index is -0.573. The zero-order valence-corrected chi connectivity index (χ0v) is 15.9. The molecule has 27 heavy (non-hydrogen) atoms. The number of methoxy groups -OCH3 is 1. The van der Waals surface area contributed by atoms with Crippen LogP contribution in [0.15, 0.2) is 42.5 Å². The topological polar surface area (TPSA) is 59.1 Å². The number of benzene rings is 2. The summed E-state index contributed by atoms with van der Waals surface area (Å²) in [7, 11) is 6.68. The molecule has 144 valence electrons. The van der Waals surface area contributed by atoms with Crippen LogP contribution in [-0.2, 0) is 16.1 Å². The van der Waals surface area contributed by atoms with Crippen molar-refractivity contribution in [1.82, 2.24) is 4.90 Å². The van der Waals surface area contributed by atoms with Gasteiger partial charge in [-0.1, -0.05) is 12.1 Å². The molecule has 0 fully saturated rings. The standard InChI is InChI=1S/C20H23FN2O4/c1-22(2)16-7-5-6-15(11-16)20(25)27-13-19(24)23(3)12-14-8-9-18(26-4)17(21)10-14/h5-11H,12-13H2,1-4H3. The third kappa shape index (κ3) is 5.44. The van der Waals surface area contributed by atoms with Gasteiger partial charge >= 0.3 is 5.97 Å². The van der Waals surface area contributed by atoms with Gasteiger partial charge in [0.1, 0.15) is 0 Å². The van der Waals surface area contributed by atoms with Crippen molar-refractivity contribution in [1.29, 1.82) is 0 Å². The summed E-state index contributed by atoms with van der Waals surface area (Å²) in [4.78, 5) is 27.6. The number of nitrogens with zero attached hydrogens (tertiary/aromatic N) is 2. The number of esters is 1. The van der Waals surface area contributed by atoms with E-state index in [-0.39, 0.29) is 24.8 Å². The molecule has 1 amide bonds. The monoisotopic (exact) mass is 374 g/mol. The Morgan fingerprint density at radius 1 is 1.07 bits per heavy atom. The van der Waals surface area contributed by atoms with E-state index in [1.807, 2.05) is 25.1 Å². The maximum absolute atomic E-state index is 13.7. The highest BCUT2D eigenvalue weighted by Gasteiger charge is 2.15. The number of amides is 1. The molecule has 6 nitrogen and oxygen atoms in total. The van der Waals surface area contributed by atoms with E-state index in [0.717, 1.165) is 5.69 Å². The summed E-state index contributed by atoms with van der Waals surface area (Å²) in [5.74, 6) is -1.32. The zero-order chi connectivity index (χ0) is 20.0. The molecule has 0 unspecified atom stereocenters. The highest BCUT2D eigenvalue weighted by molar-refractivity contribution is 5.92. The average Bonchev–Trinajstić information content (AvgIpc) is 2.66. The first kappa shape index (κ1) is 20.2. The van der Waals surface area contributed by atoms with E-state index < -0.39 is 11.8 Å². The quantitative estimate of drug-likeness (QED) is 0.698. The maximum Gasteiger partial charge on any atom is 0.338 e.